The molecule has 0 saturated carbocycles. The highest BCUT2D eigenvalue weighted by Gasteiger charge is 2.31. The van der Waals surface area contributed by atoms with Gasteiger partial charge in [-0.1, -0.05) is 28.1 Å². The lowest BCUT2D eigenvalue weighted by Gasteiger charge is -2.15. The molecule has 0 fully saturated rings. The summed E-state index contributed by atoms with van der Waals surface area (Å²) in [6.07, 6.45) is 0. The van der Waals surface area contributed by atoms with Gasteiger partial charge in [-0.3, -0.25) is 4.79 Å². The van der Waals surface area contributed by atoms with Gasteiger partial charge in [0.2, 0.25) is 11.6 Å². The number of thiazole rings is 1. The van der Waals surface area contributed by atoms with Crippen LogP contribution >= 0.6 is 43.2 Å². The van der Waals surface area contributed by atoms with Crippen molar-refractivity contribution in [2.45, 2.75) is 0 Å². The van der Waals surface area contributed by atoms with Gasteiger partial charge in [0.25, 0.3) is 5.91 Å². The number of amides is 1. The van der Waals surface area contributed by atoms with E-state index in [0.29, 0.717) is 19.5 Å². The normalized spacial score (nSPS) is 11.1. The van der Waals surface area contributed by atoms with Gasteiger partial charge in [-0.15, -0.1) is 11.3 Å². The number of hydrogen-bond donors (Lipinski definition) is 1. The fraction of sp³-hybridized carbons (Fsp3) is 0.0476. The van der Waals surface area contributed by atoms with E-state index in [2.05, 4.69) is 46.9 Å². The lowest BCUT2D eigenvalue weighted by atomic mass is 10.1. The minimum absolute atomic E-state index is 0.118. The third-order valence-electron chi connectivity index (χ3n) is 4.47. The van der Waals surface area contributed by atoms with Crippen LogP contribution in [0.25, 0.3) is 20.8 Å². The molecule has 0 spiro atoms. The van der Waals surface area contributed by atoms with Crippen molar-refractivity contribution in [1.82, 2.24) is 4.98 Å². The second-order valence-corrected chi connectivity index (χ2v) is 9.22. The summed E-state index contributed by atoms with van der Waals surface area (Å²) >= 11 is 8.00. The number of benzene rings is 3. The topological polar surface area (TPSA) is 51.2 Å². The Kier molecular flexibility index (Phi) is 6.24. The van der Waals surface area contributed by atoms with Crippen LogP contribution in [-0.4, -0.2) is 18.0 Å². The summed E-state index contributed by atoms with van der Waals surface area (Å²) in [5, 5.41) is 2.86. The minimum atomic E-state index is -1.87. The summed E-state index contributed by atoms with van der Waals surface area (Å²) in [6.45, 7) is 0. The number of aromatic nitrogens is 1. The number of ether oxygens (including phenoxy) is 1. The smallest absolute Gasteiger partial charge is 0.261 e. The maximum absolute atomic E-state index is 14.4. The number of carbonyl (C=O) groups is 1. The quantitative estimate of drug-likeness (QED) is 0.201. The van der Waals surface area contributed by atoms with Crippen LogP contribution in [0.15, 0.2) is 45.3 Å². The Morgan fingerprint density at radius 3 is 2.31 bits per heavy atom. The molecule has 3 aromatic carbocycles. The molecule has 164 valence electrons. The van der Waals surface area contributed by atoms with Gasteiger partial charge in [0, 0.05) is 14.5 Å². The number of carbonyl (C=O) groups excluding carboxylic acids is 1. The molecule has 0 aliphatic heterocycles. The Morgan fingerprint density at radius 2 is 1.69 bits per heavy atom. The van der Waals surface area contributed by atoms with E-state index in [-0.39, 0.29) is 5.69 Å². The molecule has 1 amide bonds. The number of anilines is 1. The average Bonchev–Trinajstić information content (AvgIpc) is 3.19. The predicted molar refractivity (Wildman–Crippen MR) is 121 cm³/mol. The molecular weight excluding hydrogens is 580 g/mol. The van der Waals surface area contributed by atoms with Crippen LogP contribution in [0.3, 0.4) is 0 Å². The Balaban J connectivity index is 1.83. The van der Waals surface area contributed by atoms with Gasteiger partial charge in [0.05, 0.1) is 23.0 Å². The van der Waals surface area contributed by atoms with Crippen LogP contribution in [0.2, 0.25) is 0 Å². The number of para-hydroxylation sites is 1. The largest absolute Gasteiger partial charge is 0.491 e. The molecular formula is C21H10Br2F4N2O2S. The van der Waals surface area contributed by atoms with Crippen LogP contribution in [0.4, 0.5) is 23.2 Å². The van der Waals surface area contributed by atoms with E-state index in [1.807, 2.05) is 24.3 Å². The van der Waals surface area contributed by atoms with E-state index >= 15 is 0 Å². The third kappa shape index (κ3) is 3.89. The second-order valence-electron chi connectivity index (χ2n) is 6.42. The third-order valence-corrected chi connectivity index (χ3v) is 6.63. The molecule has 0 aliphatic rings. The number of fused-ring (bicyclic) bond motifs is 1. The molecule has 0 unspecified atom stereocenters. The van der Waals surface area contributed by atoms with Crippen LogP contribution in [-0.2, 0) is 0 Å². The van der Waals surface area contributed by atoms with E-state index in [4.69, 9.17) is 0 Å². The van der Waals surface area contributed by atoms with Gasteiger partial charge in [0.1, 0.15) is 10.6 Å². The molecule has 0 atom stereocenters. The zero-order valence-electron chi connectivity index (χ0n) is 15.9. The van der Waals surface area contributed by atoms with Gasteiger partial charge in [-0.05, 0) is 40.2 Å². The summed E-state index contributed by atoms with van der Waals surface area (Å²) in [7, 11) is 0.851. The number of halogens is 6. The van der Waals surface area contributed by atoms with Crippen LogP contribution in [0.1, 0.15) is 10.4 Å². The lowest BCUT2D eigenvalue weighted by molar-refractivity contribution is 0.101. The zero-order chi connectivity index (χ0) is 23.2. The standard InChI is InChI=1S/C21H10Br2F4N2O2S/c1-31-19-16(26)14(24)13(15(25)17(19)27)20(30)29-18-9(6-8(22)7-10(18)23)21-28-11-4-2-3-5-12(11)32-21/h2-7H,1H3,(H,29,30). The van der Waals surface area contributed by atoms with Crippen molar-refractivity contribution in [2.75, 3.05) is 12.4 Å². The van der Waals surface area contributed by atoms with Crippen LogP contribution in [0.5, 0.6) is 5.75 Å². The Labute approximate surface area is 199 Å². The van der Waals surface area contributed by atoms with E-state index in [1.165, 1.54) is 11.3 Å². The van der Waals surface area contributed by atoms with Gasteiger partial charge >= 0.3 is 0 Å². The summed E-state index contributed by atoms with van der Waals surface area (Å²) < 4.78 is 63.2. The molecule has 32 heavy (non-hydrogen) atoms. The van der Waals surface area contributed by atoms with E-state index < -0.39 is 40.5 Å². The predicted octanol–water partition coefficient (Wildman–Crippen LogP) is 7.31. The average molecular weight is 590 g/mol. The summed E-state index contributed by atoms with van der Waals surface area (Å²) in [6, 6.07) is 10.6. The van der Waals surface area contributed by atoms with Crippen molar-refractivity contribution in [1.29, 1.82) is 0 Å². The first-order valence-electron chi connectivity index (χ1n) is 8.79. The molecule has 0 radical (unpaired) electrons. The first kappa shape index (κ1) is 22.7. The van der Waals surface area contributed by atoms with Crippen molar-refractivity contribution >= 4 is 65.0 Å². The highest BCUT2D eigenvalue weighted by molar-refractivity contribution is 9.11. The van der Waals surface area contributed by atoms with E-state index in [0.717, 1.165) is 17.3 Å². The van der Waals surface area contributed by atoms with Crippen LogP contribution in [0, 0.1) is 23.3 Å². The molecule has 4 nitrogen and oxygen atoms in total. The number of methoxy groups -OCH3 is 1. The number of nitrogens with one attached hydrogen (secondary N) is 1. The van der Waals surface area contributed by atoms with Crippen molar-refractivity contribution in [3.8, 4) is 16.3 Å². The fourth-order valence-corrected chi connectivity index (χ4v) is 5.34. The van der Waals surface area contributed by atoms with Gasteiger partial charge in [0.15, 0.2) is 17.4 Å². The molecule has 0 bridgehead atoms. The monoisotopic (exact) mass is 588 g/mol. The van der Waals surface area contributed by atoms with Gasteiger partial charge < -0.3 is 10.1 Å². The minimum Gasteiger partial charge on any atom is -0.491 e. The first-order chi connectivity index (χ1) is 15.2. The number of nitrogens with zero attached hydrogens (tertiary/aromatic N) is 1. The maximum atomic E-state index is 14.4. The van der Waals surface area contributed by atoms with Crippen LogP contribution < -0.4 is 10.1 Å². The Bertz CT molecular complexity index is 1330. The molecule has 0 saturated heterocycles. The summed E-state index contributed by atoms with van der Waals surface area (Å²) in [5.74, 6) is -9.99. The molecule has 11 heteroatoms. The van der Waals surface area contributed by atoms with Crippen molar-refractivity contribution < 1.29 is 27.1 Å². The van der Waals surface area contributed by atoms with Crippen molar-refractivity contribution in [2.24, 2.45) is 0 Å². The molecule has 1 N–H and O–H groups in total. The molecule has 4 rings (SSSR count). The van der Waals surface area contributed by atoms with Gasteiger partial charge in [-0.25, -0.2) is 13.8 Å². The summed E-state index contributed by atoms with van der Waals surface area (Å²) in [5.41, 5.74) is -0.146. The van der Waals surface area contributed by atoms with Crippen molar-refractivity contribution in [3.63, 3.8) is 0 Å². The molecule has 1 heterocycles. The van der Waals surface area contributed by atoms with E-state index in [9.17, 15) is 22.4 Å². The Morgan fingerprint density at radius 1 is 1.03 bits per heavy atom. The number of rotatable bonds is 4. The van der Waals surface area contributed by atoms with Gasteiger partial charge in [-0.2, -0.15) is 8.78 Å². The van der Waals surface area contributed by atoms with E-state index in [1.54, 1.807) is 12.1 Å². The Hall–Kier alpha value is -2.50. The first-order valence-corrected chi connectivity index (χ1v) is 11.2. The highest BCUT2D eigenvalue weighted by atomic mass is 79.9. The highest BCUT2D eigenvalue weighted by Crippen LogP contribution is 2.41. The zero-order valence-corrected chi connectivity index (χ0v) is 19.9. The number of hydrogen-bond acceptors (Lipinski definition) is 4. The molecule has 0 aliphatic carbocycles. The molecule has 4 aromatic rings. The molecule has 1 aromatic heterocycles. The SMILES string of the molecule is COc1c(F)c(F)c(C(=O)Nc2c(Br)cc(Br)cc2-c2nc3ccccc3s2)c(F)c1F. The lowest BCUT2D eigenvalue weighted by Crippen LogP contribution is -2.19. The second kappa shape index (κ2) is 8.80. The van der Waals surface area contributed by atoms with Crippen molar-refractivity contribution in [3.05, 3.63) is 74.2 Å². The maximum Gasteiger partial charge on any atom is 0.261 e. The summed E-state index contributed by atoms with van der Waals surface area (Å²) in [4.78, 5) is 17.3. The fourth-order valence-electron chi connectivity index (χ4n) is 3.02.